The first-order valence-corrected chi connectivity index (χ1v) is 3.74. The van der Waals surface area contributed by atoms with E-state index in [1.54, 1.807) is 0 Å². The lowest BCUT2D eigenvalue weighted by Gasteiger charge is -2.14. The molecule has 3 N–H and O–H groups in total. The van der Waals surface area contributed by atoms with Gasteiger partial charge in [-0.2, -0.15) is 0 Å². The van der Waals surface area contributed by atoms with E-state index in [-0.39, 0.29) is 0 Å². The van der Waals surface area contributed by atoms with Gasteiger partial charge in [0, 0.05) is 0 Å². The summed E-state index contributed by atoms with van der Waals surface area (Å²) in [6.45, 7) is 3.43. The number of hydrogen-bond donors (Lipinski definition) is 3. The molecule has 0 radical (unpaired) electrons. The lowest BCUT2D eigenvalue weighted by molar-refractivity contribution is -0.140. The predicted octanol–water partition coefficient (Wildman–Crippen LogP) is 0.168. The van der Waals surface area contributed by atoms with Crippen molar-refractivity contribution in [1.82, 2.24) is 5.32 Å². The Morgan fingerprint density at radius 2 is 2.18 bits per heavy atom. The average Bonchev–Trinajstić information content (AvgIpc) is 1.87. The van der Waals surface area contributed by atoms with E-state index >= 15 is 0 Å². The normalized spacial score (nSPS) is 15.9. The van der Waals surface area contributed by atoms with Crippen LogP contribution in [0.25, 0.3) is 0 Å². The first-order chi connectivity index (χ1) is 5.07. The van der Waals surface area contributed by atoms with Crippen molar-refractivity contribution in [1.29, 1.82) is 0 Å². The van der Waals surface area contributed by atoms with E-state index < -0.39 is 18.2 Å². The number of aliphatic carboxylic acids is 1. The van der Waals surface area contributed by atoms with Gasteiger partial charge in [-0.15, -0.1) is 0 Å². The quantitative estimate of drug-likeness (QED) is 0.503. The van der Waals surface area contributed by atoms with Gasteiger partial charge in [0.2, 0.25) is 0 Å². The highest BCUT2D eigenvalue weighted by atomic mass is 16.4. The number of hydrogen-bond acceptors (Lipinski definition) is 3. The molecule has 0 fully saturated rings. The van der Waals surface area contributed by atoms with Gasteiger partial charge in [-0.1, -0.05) is 13.3 Å². The van der Waals surface area contributed by atoms with Crippen molar-refractivity contribution in [2.24, 2.45) is 0 Å². The van der Waals surface area contributed by atoms with Crippen LogP contribution in [-0.4, -0.2) is 28.5 Å². The highest BCUT2D eigenvalue weighted by Crippen LogP contribution is 1.93. The number of rotatable bonds is 5. The number of carboxylic acids is 1. The summed E-state index contributed by atoms with van der Waals surface area (Å²) in [7, 11) is 0. The third-order valence-corrected chi connectivity index (χ3v) is 1.37. The lowest BCUT2D eigenvalue weighted by Crippen LogP contribution is -2.41. The van der Waals surface area contributed by atoms with Crippen LogP contribution in [0.5, 0.6) is 0 Å². The van der Waals surface area contributed by atoms with Crippen LogP contribution < -0.4 is 5.32 Å². The molecule has 0 amide bonds. The topological polar surface area (TPSA) is 69.6 Å². The van der Waals surface area contributed by atoms with Crippen LogP contribution in [0.15, 0.2) is 0 Å². The van der Waals surface area contributed by atoms with Crippen LogP contribution in [0.1, 0.15) is 26.7 Å². The SMILES string of the molecule is CCCC(O)NC(C)C(=O)O. The Balaban J connectivity index is 3.56. The van der Waals surface area contributed by atoms with Crippen molar-refractivity contribution in [2.45, 2.75) is 39.0 Å². The number of aliphatic hydroxyl groups excluding tert-OH is 1. The highest BCUT2D eigenvalue weighted by Gasteiger charge is 2.13. The van der Waals surface area contributed by atoms with E-state index in [0.29, 0.717) is 6.42 Å². The van der Waals surface area contributed by atoms with E-state index in [1.165, 1.54) is 6.92 Å². The van der Waals surface area contributed by atoms with E-state index in [4.69, 9.17) is 10.2 Å². The van der Waals surface area contributed by atoms with E-state index in [9.17, 15) is 4.79 Å². The van der Waals surface area contributed by atoms with Gasteiger partial charge >= 0.3 is 5.97 Å². The predicted molar refractivity (Wildman–Crippen MR) is 41.1 cm³/mol. The standard InChI is InChI=1S/C7H15NO3/c1-3-4-6(9)8-5(2)7(10)11/h5-6,8-9H,3-4H2,1-2H3,(H,10,11). The third-order valence-electron chi connectivity index (χ3n) is 1.37. The molecule has 2 atom stereocenters. The highest BCUT2D eigenvalue weighted by molar-refractivity contribution is 5.72. The zero-order valence-electron chi connectivity index (χ0n) is 6.87. The van der Waals surface area contributed by atoms with Crippen LogP contribution in [0.4, 0.5) is 0 Å². The molecule has 2 unspecified atom stereocenters. The minimum Gasteiger partial charge on any atom is -0.480 e. The smallest absolute Gasteiger partial charge is 0.320 e. The molecule has 0 heterocycles. The molecule has 0 aromatic carbocycles. The fraction of sp³-hybridized carbons (Fsp3) is 0.857. The summed E-state index contributed by atoms with van der Waals surface area (Å²) in [4.78, 5) is 10.3. The maximum absolute atomic E-state index is 10.3. The number of nitrogens with one attached hydrogen (secondary N) is 1. The molecule has 0 aliphatic heterocycles. The third kappa shape index (κ3) is 4.75. The van der Waals surface area contributed by atoms with Crippen LogP contribution in [0, 0.1) is 0 Å². The summed E-state index contributed by atoms with van der Waals surface area (Å²) >= 11 is 0. The van der Waals surface area contributed by atoms with Gasteiger partial charge in [0.05, 0.1) is 0 Å². The molecule has 0 aliphatic carbocycles. The molecule has 0 bridgehead atoms. The zero-order valence-corrected chi connectivity index (χ0v) is 6.87. The molecule has 66 valence electrons. The van der Waals surface area contributed by atoms with Crippen LogP contribution >= 0.6 is 0 Å². The minimum absolute atomic E-state index is 0.581. The Morgan fingerprint density at radius 1 is 1.64 bits per heavy atom. The molecule has 0 saturated carbocycles. The van der Waals surface area contributed by atoms with E-state index in [1.807, 2.05) is 6.92 Å². The van der Waals surface area contributed by atoms with Crippen molar-refractivity contribution in [2.75, 3.05) is 0 Å². The van der Waals surface area contributed by atoms with Crippen molar-refractivity contribution < 1.29 is 15.0 Å². The molecule has 0 aliphatic rings. The number of carboxylic acid groups (broad SMARTS) is 1. The Hall–Kier alpha value is -0.610. The molecule has 11 heavy (non-hydrogen) atoms. The molecule has 0 aromatic heterocycles. The Labute approximate surface area is 66.2 Å². The van der Waals surface area contributed by atoms with Gasteiger partial charge in [-0.25, -0.2) is 0 Å². The molecule has 4 heteroatoms. The number of aliphatic hydroxyl groups is 1. The van der Waals surface area contributed by atoms with Crippen LogP contribution in [0.2, 0.25) is 0 Å². The van der Waals surface area contributed by atoms with E-state index in [0.717, 1.165) is 6.42 Å². The van der Waals surface area contributed by atoms with Gasteiger partial charge in [0.1, 0.15) is 12.3 Å². The molecule has 0 saturated heterocycles. The largest absolute Gasteiger partial charge is 0.480 e. The lowest BCUT2D eigenvalue weighted by atomic mass is 10.2. The van der Waals surface area contributed by atoms with Crippen molar-refractivity contribution in [3.8, 4) is 0 Å². The first kappa shape index (κ1) is 10.4. The van der Waals surface area contributed by atoms with E-state index in [2.05, 4.69) is 5.32 Å². The Morgan fingerprint density at radius 3 is 2.55 bits per heavy atom. The second kappa shape index (κ2) is 5.09. The Bertz CT molecular complexity index is 127. The van der Waals surface area contributed by atoms with Gasteiger partial charge in [0.25, 0.3) is 0 Å². The molecular weight excluding hydrogens is 146 g/mol. The number of carbonyl (C=O) groups is 1. The zero-order chi connectivity index (χ0) is 8.85. The Kier molecular flexibility index (Phi) is 4.81. The van der Waals surface area contributed by atoms with Crippen molar-refractivity contribution in [3.05, 3.63) is 0 Å². The second-order valence-corrected chi connectivity index (χ2v) is 2.53. The van der Waals surface area contributed by atoms with Gasteiger partial charge in [-0.3, -0.25) is 10.1 Å². The monoisotopic (exact) mass is 161 g/mol. The van der Waals surface area contributed by atoms with Crippen molar-refractivity contribution in [3.63, 3.8) is 0 Å². The summed E-state index contributed by atoms with van der Waals surface area (Å²) < 4.78 is 0. The first-order valence-electron chi connectivity index (χ1n) is 3.74. The summed E-state index contributed by atoms with van der Waals surface area (Å²) in [5.41, 5.74) is 0. The van der Waals surface area contributed by atoms with Crippen LogP contribution in [-0.2, 0) is 4.79 Å². The summed E-state index contributed by atoms with van der Waals surface area (Å²) in [6, 6.07) is -0.684. The molecule has 4 nitrogen and oxygen atoms in total. The fourth-order valence-corrected chi connectivity index (χ4v) is 0.717. The van der Waals surface area contributed by atoms with Gasteiger partial charge in [0.15, 0.2) is 0 Å². The van der Waals surface area contributed by atoms with Gasteiger partial charge < -0.3 is 10.2 Å². The minimum atomic E-state index is -0.944. The average molecular weight is 161 g/mol. The second-order valence-electron chi connectivity index (χ2n) is 2.53. The maximum atomic E-state index is 10.3. The van der Waals surface area contributed by atoms with Crippen LogP contribution in [0.3, 0.4) is 0 Å². The maximum Gasteiger partial charge on any atom is 0.320 e. The molecule has 0 rings (SSSR count). The summed E-state index contributed by atoms with van der Waals surface area (Å²) in [6.07, 6.45) is 0.712. The van der Waals surface area contributed by atoms with Crippen molar-refractivity contribution >= 4 is 5.97 Å². The van der Waals surface area contributed by atoms with Gasteiger partial charge in [-0.05, 0) is 13.3 Å². The molecular formula is C7H15NO3. The summed E-state index contributed by atoms with van der Waals surface area (Å²) in [5, 5.41) is 20.1. The fourth-order valence-electron chi connectivity index (χ4n) is 0.717. The summed E-state index contributed by atoms with van der Waals surface area (Å²) in [5.74, 6) is -0.944. The molecule has 0 aromatic rings. The molecule has 0 spiro atoms.